The second kappa shape index (κ2) is 4.53. The summed E-state index contributed by atoms with van der Waals surface area (Å²) < 4.78 is 1.70. The van der Waals surface area contributed by atoms with E-state index >= 15 is 0 Å². The molecule has 0 bridgehead atoms. The average Bonchev–Trinajstić information content (AvgIpc) is 2.78. The minimum atomic E-state index is -0.890. The Labute approximate surface area is 109 Å². The molecule has 0 spiro atoms. The fourth-order valence-corrected chi connectivity index (χ4v) is 2.09. The Morgan fingerprint density at radius 1 is 1.16 bits per heavy atom. The van der Waals surface area contributed by atoms with E-state index in [1.807, 2.05) is 36.4 Å². The number of aromatic nitrogens is 3. The van der Waals surface area contributed by atoms with E-state index in [1.54, 1.807) is 17.0 Å². The van der Waals surface area contributed by atoms with Crippen LogP contribution in [0.5, 0.6) is 0 Å². The van der Waals surface area contributed by atoms with E-state index in [0.29, 0.717) is 5.82 Å². The maximum Gasteiger partial charge on any atom is 0.323 e. The van der Waals surface area contributed by atoms with E-state index in [-0.39, 0.29) is 6.54 Å². The third-order valence-electron chi connectivity index (χ3n) is 2.89. The van der Waals surface area contributed by atoms with Crippen molar-refractivity contribution in [3.63, 3.8) is 0 Å². The number of hydrogen-bond donors (Lipinski definition) is 1. The van der Waals surface area contributed by atoms with Crippen molar-refractivity contribution in [1.82, 2.24) is 14.5 Å². The zero-order valence-corrected chi connectivity index (χ0v) is 10.0. The number of imidazole rings is 1. The molecule has 0 saturated carbocycles. The van der Waals surface area contributed by atoms with Crippen LogP contribution in [0.25, 0.3) is 22.4 Å². The molecular formula is C14H11N3O2. The first-order valence-corrected chi connectivity index (χ1v) is 5.83. The van der Waals surface area contributed by atoms with Gasteiger partial charge in [-0.05, 0) is 24.3 Å². The molecule has 94 valence electrons. The molecule has 0 aliphatic rings. The van der Waals surface area contributed by atoms with E-state index in [1.165, 1.54) is 0 Å². The lowest BCUT2D eigenvalue weighted by Gasteiger charge is -2.05. The fraction of sp³-hybridized carbons (Fsp3) is 0.0714. The number of benzene rings is 1. The first kappa shape index (κ1) is 11.4. The van der Waals surface area contributed by atoms with Crippen LogP contribution in [0.15, 0.2) is 48.8 Å². The van der Waals surface area contributed by atoms with Crippen LogP contribution in [0.3, 0.4) is 0 Å². The minimum Gasteiger partial charge on any atom is -0.480 e. The molecule has 0 aliphatic carbocycles. The molecule has 1 aromatic carbocycles. The van der Waals surface area contributed by atoms with Crippen LogP contribution in [0.1, 0.15) is 0 Å². The summed E-state index contributed by atoms with van der Waals surface area (Å²) in [5, 5.41) is 9.06. The zero-order valence-electron chi connectivity index (χ0n) is 10.0. The number of carbonyl (C=O) groups is 1. The summed E-state index contributed by atoms with van der Waals surface area (Å²) in [4.78, 5) is 19.5. The Bertz CT molecular complexity index is 735. The summed E-state index contributed by atoms with van der Waals surface area (Å²) in [6.45, 7) is -0.113. The Morgan fingerprint density at radius 2 is 1.89 bits per heavy atom. The van der Waals surface area contributed by atoms with Crippen molar-refractivity contribution in [2.75, 3.05) is 0 Å². The molecule has 5 nitrogen and oxygen atoms in total. The molecule has 0 unspecified atom stereocenters. The number of carboxylic acid groups (broad SMARTS) is 1. The van der Waals surface area contributed by atoms with Crippen molar-refractivity contribution in [3.8, 4) is 11.4 Å². The number of aliphatic carboxylic acids is 1. The van der Waals surface area contributed by atoms with E-state index < -0.39 is 5.97 Å². The summed E-state index contributed by atoms with van der Waals surface area (Å²) in [5.41, 5.74) is 2.46. The highest BCUT2D eigenvalue weighted by atomic mass is 16.4. The molecule has 3 aromatic rings. The summed E-state index contributed by atoms with van der Waals surface area (Å²) in [5.74, 6) is -0.246. The van der Waals surface area contributed by atoms with Gasteiger partial charge in [0.15, 0.2) is 0 Å². The molecule has 0 fully saturated rings. The maximum atomic E-state index is 11.0. The van der Waals surface area contributed by atoms with Gasteiger partial charge in [0.1, 0.15) is 12.4 Å². The van der Waals surface area contributed by atoms with Crippen LogP contribution in [0.2, 0.25) is 0 Å². The number of nitrogens with zero attached hydrogens (tertiary/aromatic N) is 3. The van der Waals surface area contributed by atoms with Gasteiger partial charge in [-0.1, -0.05) is 12.1 Å². The van der Waals surface area contributed by atoms with Crippen LogP contribution >= 0.6 is 0 Å². The van der Waals surface area contributed by atoms with Crippen molar-refractivity contribution in [3.05, 3.63) is 48.8 Å². The quantitative estimate of drug-likeness (QED) is 0.776. The third kappa shape index (κ3) is 2.06. The van der Waals surface area contributed by atoms with E-state index in [0.717, 1.165) is 16.6 Å². The third-order valence-corrected chi connectivity index (χ3v) is 2.89. The average molecular weight is 253 g/mol. The lowest BCUT2D eigenvalue weighted by atomic mass is 10.2. The number of fused-ring (bicyclic) bond motifs is 1. The molecular weight excluding hydrogens is 242 g/mol. The van der Waals surface area contributed by atoms with Crippen molar-refractivity contribution >= 4 is 17.0 Å². The summed E-state index contributed by atoms with van der Waals surface area (Å²) in [7, 11) is 0. The highest BCUT2D eigenvalue weighted by molar-refractivity contribution is 5.82. The second-order valence-electron chi connectivity index (χ2n) is 4.14. The number of para-hydroxylation sites is 2. The van der Waals surface area contributed by atoms with E-state index in [4.69, 9.17) is 5.11 Å². The minimum absolute atomic E-state index is 0.113. The molecule has 2 heterocycles. The Balaban J connectivity index is 2.26. The van der Waals surface area contributed by atoms with Crippen LogP contribution in [-0.2, 0) is 11.3 Å². The zero-order chi connectivity index (χ0) is 13.2. The van der Waals surface area contributed by atoms with E-state index in [9.17, 15) is 4.79 Å². The van der Waals surface area contributed by atoms with E-state index in [2.05, 4.69) is 9.97 Å². The monoisotopic (exact) mass is 253 g/mol. The van der Waals surface area contributed by atoms with Gasteiger partial charge in [0, 0.05) is 18.0 Å². The van der Waals surface area contributed by atoms with Crippen molar-refractivity contribution in [2.45, 2.75) is 6.54 Å². The van der Waals surface area contributed by atoms with Crippen LogP contribution in [0.4, 0.5) is 0 Å². The van der Waals surface area contributed by atoms with Gasteiger partial charge in [0.2, 0.25) is 0 Å². The fourth-order valence-electron chi connectivity index (χ4n) is 2.09. The Morgan fingerprint density at radius 3 is 2.63 bits per heavy atom. The summed E-state index contributed by atoms with van der Waals surface area (Å²) in [6, 6.07) is 11.1. The van der Waals surface area contributed by atoms with Gasteiger partial charge in [-0.3, -0.25) is 9.78 Å². The molecule has 0 saturated heterocycles. The first-order chi connectivity index (χ1) is 9.25. The topological polar surface area (TPSA) is 68.0 Å². The van der Waals surface area contributed by atoms with Crippen molar-refractivity contribution in [2.24, 2.45) is 0 Å². The van der Waals surface area contributed by atoms with Gasteiger partial charge in [0.05, 0.1) is 11.0 Å². The summed E-state index contributed by atoms with van der Waals surface area (Å²) in [6.07, 6.45) is 3.33. The van der Waals surface area contributed by atoms with Crippen LogP contribution < -0.4 is 0 Å². The Hall–Kier alpha value is -2.69. The molecule has 19 heavy (non-hydrogen) atoms. The number of carboxylic acids is 1. The Kier molecular flexibility index (Phi) is 2.72. The smallest absolute Gasteiger partial charge is 0.323 e. The van der Waals surface area contributed by atoms with Crippen molar-refractivity contribution in [1.29, 1.82) is 0 Å². The molecule has 0 radical (unpaired) electrons. The van der Waals surface area contributed by atoms with Crippen molar-refractivity contribution < 1.29 is 9.90 Å². The van der Waals surface area contributed by atoms with Crippen LogP contribution in [-0.4, -0.2) is 25.6 Å². The number of hydrogen-bond acceptors (Lipinski definition) is 3. The molecule has 2 aromatic heterocycles. The molecule has 0 atom stereocenters. The second-order valence-corrected chi connectivity index (χ2v) is 4.14. The standard InChI is InChI=1S/C14H11N3O2/c18-13(19)9-17-12-4-2-1-3-11(12)16-14(17)10-5-7-15-8-6-10/h1-8H,9H2,(H,18,19). The van der Waals surface area contributed by atoms with Crippen LogP contribution in [0, 0.1) is 0 Å². The largest absolute Gasteiger partial charge is 0.480 e. The van der Waals surface area contributed by atoms with Gasteiger partial charge in [-0.2, -0.15) is 0 Å². The van der Waals surface area contributed by atoms with Gasteiger partial charge >= 0.3 is 5.97 Å². The normalized spacial score (nSPS) is 10.7. The predicted octanol–water partition coefficient (Wildman–Crippen LogP) is 2.18. The van der Waals surface area contributed by atoms with Gasteiger partial charge in [-0.25, -0.2) is 4.98 Å². The summed E-state index contributed by atoms with van der Waals surface area (Å²) >= 11 is 0. The molecule has 0 aliphatic heterocycles. The lowest BCUT2D eigenvalue weighted by Crippen LogP contribution is -2.09. The highest BCUT2D eigenvalue weighted by Crippen LogP contribution is 2.24. The molecule has 3 rings (SSSR count). The first-order valence-electron chi connectivity index (χ1n) is 5.83. The molecule has 0 amide bonds. The van der Waals surface area contributed by atoms with Gasteiger partial charge in [-0.15, -0.1) is 0 Å². The SMILES string of the molecule is O=C(O)Cn1c(-c2ccncc2)nc2ccccc21. The molecule has 1 N–H and O–H groups in total. The number of rotatable bonds is 3. The predicted molar refractivity (Wildman–Crippen MR) is 70.6 cm³/mol. The highest BCUT2D eigenvalue weighted by Gasteiger charge is 2.14. The number of pyridine rings is 1. The lowest BCUT2D eigenvalue weighted by molar-refractivity contribution is -0.137. The maximum absolute atomic E-state index is 11.0. The van der Waals surface area contributed by atoms with Gasteiger partial charge < -0.3 is 9.67 Å². The molecule has 5 heteroatoms. The van der Waals surface area contributed by atoms with Gasteiger partial charge in [0.25, 0.3) is 0 Å².